The zero-order valence-corrected chi connectivity index (χ0v) is 8.36. The molecule has 0 amide bonds. The molecule has 1 unspecified atom stereocenters. The van der Waals surface area contributed by atoms with Crippen LogP contribution < -0.4 is 5.32 Å². The Balaban J connectivity index is 2.29. The molecular weight excluding hydrogens is 191 g/mol. The molecule has 5 heteroatoms. The molecule has 1 rings (SSSR count). The van der Waals surface area contributed by atoms with Crippen LogP contribution in [0.1, 0.15) is 6.42 Å². The van der Waals surface area contributed by atoms with Crippen molar-refractivity contribution in [3.8, 4) is 6.07 Å². The van der Waals surface area contributed by atoms with Crippen LogP contribution in [0.25, 0.3) is 0 Å². The van der Waals surface area contributed by atoms with Crippen molar-refractivity contribution in [2.75, 3.05) is 26.0 Å². The summed E-state index contributed by atoms with van der Waals surface area (Å²) in [4.78, 5) is 0. The zero-order valence-electron chi connectivity index (χ0n) is 7.55. The van der Waals surface area contributed by atoms with Crippen molar-refractivity contribution in [1.29, 1.82) is 5.26 Å². The monoisotopic (exact) mass is 204 g/mol. The molecular formula is C8H13FN2OS. The fraction of sp³-hybridized carbons (Fsp3) is 0.875. The first-order valence-corrected chi connectivity index (χ1v) is 5.32. The molecule has 0 bridgehead atoms. The number of hydrogen-bond donors (Lipinski definition) is 1. The lowest BCUT2D eigenvalue weighted by molar-refractivity contribution is 0.0840. The second-order valence-electron chi connectivity index (χ2n) is 3.12. The van der Waals surface area contributed by atoms with E-state index in [1.807, 2.05) is 6.07 Å². The molecule has 0 saturated carbocycles. The van der Waals surface area contributed by atoms with Gasteiger partial charge in [-0.15, -0.1) is 0 Å². The highest BCUT2D eigenvalue weighted by molar-refractivity contribution is 7.93. The minimum absolute atomic E-state index is 0.302. The fourth-order valence-electron chi connectivity index (χ4n) is 1.28. The lowest BCUT2D eigenvalue weighted by atomic mass is 9.77. The lowest BCUT2D eigenvalue weighted by Gasteiger charge is -2.38. The van der Waals surface area contributed by atoms with Gasteiger partial charge in [-0.1, -0.05) is 0 Å². The van der Waals surface area contributed by atoms with E-state index in [0.29, 0.717) is 26.1 Å². The van der Waals surface area contributed by atoms with Crippen LogP contribution in [-0.4, -0.2) is 32.1 Å². The Morgan fingerprint density at radius 2 is 2.46 bits per heavy atom. The standard InChI is InChI=1S/C8H13FN2OS/c1-13-12-3-2-7(9)8(4-10)5-11-6-8/h7,11H,2-3,5-6H2,1H3. The summed E-state index contributed by atoms with van der Waals surface area (Å²) in [5.41, 5.74) is -0.790. The van der Waals surface area contributed by atoms with Crippen molar-refractivity contribution in [1.82, 2.24) is 5.32 Å². The summed E-state index contributed by atoms with van der Waals surface area (Å²) in [6.07, 6.45) is 1.01. The van der Waals surface area contributed by atoms with Gasteiger partial charge in [0, 0.05) is 25.8 Å². The van der Waals surface area contributed by atoms with Crippen molar-refractivity contribution in [3.63, 3.8) is 0 Å². The molecule has 13 heavy (non-hydrogen) atoms. The first-order chi connectivity index (χ1) is 6.25. The van der Waals surface area contributed by atoms with Crippen molar-refractivity contribution in [2.45, 2.75) is 12.6 Å². The molecule has 1 fully saturated rings. The van der Waals surface area contributed by atoms with Gasteiger partial charge < -0.3 is 9.50 Å². The van der Waals surface area contributed by atoms with E-state index in [9.17, 15) is 4.39 Å². The van der Waals surface area contributed by atoms with Crippen LogP contribution >= 0.6 is 12.0 Å². The average Bonchev–Trinajstić information content (AvgIpc) is 2.04. The van der Waals surface area contributed by atoms with Gasteiger partial charge in [0.15, 0.2) is 0 Å². The molecule has 0 aromatic rings. The molecule has 74 valence electrons. The van der Waals surface area contributed by atoms with E-state index < -0.39 is 11.6 Å². The molecule has 0 aromatic heterocycles. The van der Waals surface area contributed by atoms with Crippen LogP contribution in [0, 0.1) is 16.7 Å². The van der Waals surface area contributed by atoms with Crippen LogP contribution in [-0.2, 0) is 4.18 Å². The van der Waals surface area contributed by atoms with Crippen molar-refractivity contribution in [3.05, 3.63) is 0 Å². The minimum atomic E-state index is -1.08. The largest absolute Gasteiger partial charge is 0.315 e. The maximum atomic E-state index is 13.5. The van der Waals surface area contributed by atoms with E-state index in [0.717, 1.165) is 0 Å². The highest BCUT2D eigenvalue weighted by Gasteiger charge is 2.45. The van der Waals surface area contributed by atoms with Gasteiger partial charge in [0.1, 0.15) is 11.6 Å². The number of nitrogens with one attached hydrogen (secondary N) is 1. The van der Waals surface area contributed by atoms with Gasteiger partial charge >= 0.3 is 0 Å². The quantitative estimate of drug-likeness (QED) is 0.538. The van der Waals surface area contributed by atoms with E-state index in [1.165, 1.54) is 12.0 Å². The Morgan fingerprint density at radius 3 is 2.85 bits per heavy atom. The summed E-state index contributed by atoms with van der Waals surface area (Å²) in [6, 6.07) is 2.04. The molecule has 1 N–H and O–H groups in total. The fourth-order valence-corrected chi connectivity index (χ4v) is 1.54. The average molecular weight is 204 g/mol. The maximum absolute atomic E-state index is 13.5. The SMILES string of the molecule is CSOCCC(F)C1(C#N)CNC1. The van der Waals surface area contributed by atoms with Gasteiger partial charge in [0.05, 0.1) is 12.7 Å². The second kappa shape index (κ2) is 4.80. The second-order valence-corrected chi connectivity index (χ2v) is 3.69. The zero-order chi connectivity index (χ0) is 9.73. The van der Waals surface area contributed by atoms with Crippen molar-refractivity contribution < 1.29 is 8.57 Å². The summed E-state index contributed by atoms with van der Waals surface area (Å²) >= 11 is 1.22. The molecule has 3 nitrogen and oxygen atoms in total. The Morgan fingerprint density at radius 1 is 1.77 bits per heavy atom. The summed E-state index contributed by atoms with van der Waals surface area (Å²) in [5.74, 6) is 0. The highest BCUT2D eigenvalue weighted by atomic mass is 32.2. The molecule has 1 aliphatic rings. The van der Waals surface area contributed by atoms with Gasteiger partial charge in [0.2, 0.25) is 0 Å². The van der Waals surface area contributed by atoms with E-state index >= 15 is 0 Å². The topological polar surface area (TPSA) is 45.0 Å². The van der Waals surface area contributed by atoms with Crippen LogP contribution in [0.3, 0.4) is 0 Å². The Hall–Kier alpha value is -0.310. The first kappa shape index (κ1) is 10.8. The lowest BCUT2D eigenvalue weighted by Crippen LogP contribution is -2.58. The van der Waals surface area contributed by atoms with Gasteiger partial charge in [-0.05, 0) is 12.0 Å². The molecule has 1 heterocycles. The molecule has 1 saturated heterocycles. The third kappa shape index (κ3) is 2.33. The third-order valence-corrected chi connectivity index (χ3v) is 2.68. The Bertz CT molecular complexity index is 203. The third-order valence-electron chi connectivity index (χ3n) is 2.28. The number of nitriles is 1. The highest BCUT2D eigenvalue weighted by Crippen LogP contribution is 2.30. The van der Waals surface area contributed by atoms with Crippen LogP contribution in [0.2, 0.25) is 0 Å². The Kier molecular flexibility index (Phi) is 3.97. The normalized spacial score (nSPS) is 21.6. The Labute approximate surface area is 81.8 Å². The minimum Gasteiger partial charge on any atom is -0.315 e. The molecule has 1 aliphatic heterocycles. The van der Waals surface area contributed by atoms with Crippen molar-refractivity contribution in [2.24, 2.45) is 5.41 Å². The van der Waals surface area contributed by atoms with Gasteiger partial charge in [-0.2, -0.15) is 5.26 Å². The number of nitrogens with zero attached hydrogens (tertiary/aromatic N) is 1. The van der Waals surface area contributed by atoms with Crippen LogP contribution in [0.4, 0.5) is 4.39 Å². The molecule has 0 aliphatic carbocycles. The predicted octanol–water partition coefficient (Wildman–Crippen LogP) is 1.12. The van der Waals surface area contributed by atoms with Gasteiger partial charge in [-0.25, -0.2) is 4.39 Å². The number of halogens is 1. The summed E-state index contributed by atoms with van der Waals surface area (Å²) in [6.45, 7) is 1.29. The smallest absolute Gasteiger partial charge is 0.123 e. The first-order valence-electron chi connectivity index (χ1n) is 4.17. The molecule has 1 atom stereocenters. The van der Waals surface area contributed by atoms with Crippen LogP contribution in [0.5, 0.6) is 0 Å². The van der Waals surface area contributed by atoms with E-state index in [2.05, 4.69) is 5.32 Å². The van der Waals surface area contributed by atoms with Gasteiger partial charge in [0.25, 0.3) is 0 Å². The van der Waals surface area contributed by atoms with E-state index in [4.69, 9.17) is 9.44 Å². The molecule has 0 aromatic carbocycles. The number of hydrogen-bond acceptors (Lipinski definition) is 4. The summed E-state index contributed by atoms with van der Waals surface area (Å²) < 4.78 is 18.4. The van der Waals surface area contributed by atoms with E-state index in [1.54, 1.807) is 6.26 Å². The number of rotatable bonds is 5. The van der Waals surface area contributed by atoms with Crippen molar-refractivity contribution >= 4 is 12.0 Å². The van der Waals surface area contributed by atoms with E-state index in [-0.39, 0.29) is 0 Å². The summed E-state index contributed by atoms with van der Waals surface area (Å²) in [7, 11) is 0. The molecule has 0 radical (unpaired) electrons. The summed E-state index contributed by atoms with van der Waals surface area (Å²) in [5, 5.41) is 11.7. The maximum Gasteiger partial charge on any atom is 0.123 e. The van der Waals surface area contributed by atoms with Gasteiger partial charge in [-0.3, -0.25) is 0 Å². The van der Waals surface area contributed by atoms with Crippen LogP contribution in [0.15, 0.2) is 0 Å². The predicted molar refractivity (Wildman–Crippen MR) is 49.9 cm³/mol. The number of alkyl halides is 1. The molecule has 0 spiro atoms.